The van der Waals surface area contributed by atoms with Gasteiger partial charge in [0.15, 0.2) is 6.10 Å². The molecule has 0 bridgehead atoms. The number of methoxy groups -OCH3 is 1. The van der Waals surface area contributed by atoms with Crippen molar-refractivity contribution in [3.63, 3.8) is 0 Å². The second-order valence-electron chi connectivity index (χ2n) is 5.37. The lowest BCUT2D eigenvalue weighted by atomic mass is 10.3. The predicted molar refractivity (Wildman–Crippen MR) is 98.9 cm³/mol. The molecule has 1 amide bonds. The van der Waals surface area contributed by atoms with Crippen LogP contribution in [0, 0.1) is 0 Å². The van der Waals surface area contributed by atoms with Crippen molar-refractivity contribution in [3.05, 3.63) is 54.6 Å². The number of rotatable bonds is 7. The minimum atomic E-state index is -0.881. The van der Waals surface area contributed by atoms with Crippen molar-refractivity contribution in [2.75, 3.05) is 12.4 Å². The number of nitrogens with one attached hydrogen (secondary N) is 1. The van der Waals surface area contributed by atoms with Crippen LogP contribution in [0.25, 0.3) is 0 Å². The number of anilines is 1. The van der Waals surface area contributed by atoms with Crippen molar-refractivity contribution in [2.45, 2.75) is 30.1 Å². The van der Waals surface area contributed by atoms with E-state index in [1.165, 1.54) is 11.8 Å². The van der Waals surface area contributed by atoms with Gasteiger partial charge in [0.05, 0.1) is 7.11 Å². The Balaban J connectivity index is 1.85. The molecule has 0 aliphatic rings. The van der Waals surface area contributed by atoms with Gasteiger partial charge in [-0.2, -0.15) is 0 Å². The summed E-state index contributed by atoms with van der Waals surface area (Å²) in [5.74, 6) is -0.106. The maximum absolute atomic E-state index is 12.2. The monoisotopic (exact) mass is 359 g/mol. The third-order valence-corrected chi connectivity index (χ3v) is 4.50. The fourth-order valence-corrected chi connectivity index (χ4v) is 2.87. The van der Waals surface area contributed by atoms with E-state index in [9.17, 15) is 9.59 Å². The highest BCUT2D eigenvalue weighted by Crippen LogP contribution is 2.24. The van der Waals surface area contributed by atoms with Crippen LogP contribution < -0.4 is 10.1 Å². The van der Waals surface area contributed by atoms with Crippen LogP contribution in [-0.2, 0) is 14.3 Å². The molecule has 2 aromatic rings. The molecule has 2 rings (SSSR count). The Hall–Kier alpha value is -2.47. The molecule has 0 aliphatic heterocycles. The van der Waals surface area contributed by atoms with Crippen LogP contribution >= 0.6 is 11.8 Å². The van der Waals surface area contributed by atoms with Crippen molar-refractivity contribution in [1.82, 2.24) is 0 Å². The quantitative estimate of drug-likeness (QED) is 0.602. The second-order valence-corrected chi connectivity index (χ2v) is 6.78. The minimum absolute atomic E-state index is 0.379. The molecule has 2 atom stereocenters. The third kappa shape index (κ3) is 5.83. The van der Waals surface area contributed by atoms with E-state index in [-0.39, 0.29) is 5.91 Å². The summed E-state index contributed by atoms with van der Waals surface area (Å²) in [7, 11) is 1.57. The van der Waals surface area contributed by atoms with E-state index in [0.717, 1.165) is 4.90 Å². The summed E-state index contributed by atoms with van der Waals surface area (Å²) >= 11 is 1.39. The first-order valence-electron chi connectivity index (χ1n) is 7.86. The highest BCUT2D eigenvalue weighted by atomic mass is 32.2. The van der Waals surface area contributed by atoms with E-state index in [1.807, 2.05) is 30.3 Å². The molecule has 1 N–H and O–H groups in total. The Bertz CT molecular complexity index is 703. The molecule has 25 heavy (non-hydrogen) atoms. The summed E-state index contributed by atoms with van der Waals surface area (Å²) in [5.41, 5.74) is 0.611. The maximum atomic E-state index is 12.2. The van der Waals surface area contributed by atoms with E-state index in [4.69, 9.17) is 9.47 Å². The smallest absolute Gasteiger partial charge is 0.319 e. The van der Waals surface area contributed by atoms with Gasteiger partial charge in [-0.1, -0.05) is 18.2 Å². The molecular formula is C19H21NO4S. The molecule has 2 aromatic carbocycles. The minimum Gasteiger partial charge on any atom is -0.497 e. The van der Waals surface area contributed by atoms with Crippen LogP contribution in [0.1, 0.15) is 13.8 Å². The summed E-state index contributed by atoms with van der Waals surface area (Å²) in [6, 6.07) is 16.5. The average Bonchev–Trinajstić information content (AvgIpc) is 2.63. The number of benzene rings is 2. The van der Waals surface area contributed by atoms with E-state index in [0.29, 0.717) is 11.4 Å². The van der Waals surface area contributed by atoms with Gasteiger partial charge in [-0.15, -0.1) is 11.8 Å². The van der Waals surface area contributed by atoms with Gasteiger partial charge in [-0.25, -0.2) is 0 Å². The molecule has 5 nitrogen and oxygen atoms in total. The van der Waals surface area contributed by atoms with Gasteiger partial charge < -0.3 is 14.8 Å². The van der Waals surface area contributed by atoms with Gasteiger partial charge >= 0.3 is 5.97 Å². The molecule has 0 aliphatic carbocycles. The fourth-order valence-electron chi connectivity index (χ4n) is 1.99. The summed E-state index contributed by atoms with van der Waals surface area (Å²) < 4.78 is 10.3. The zero-order chi connectivity index (χ0) is 18.2. The zero-order valence-corrected chi connectivity index (χ0v) is 15.2. The molecule has 132 valence electrons. The molecule has 0 unspecified atom stereocenters. The fraction of sp³-hybridized carbons (Fsp3) is 0.263. The topological polar surface area (TPSA) is 64.6 Å². The zero-order valence-electron chi connectivity index (χ0n) is 14.4. The summed E-state index contributed by atoms with van der Waals surface area (Å²) in [4.78, 5) is 25.3. The molecule has 0 aromatic heterocycles. The van der Waals surface area contributed by atoms with E-state index in [1.54, 1.807) is 45.2 Å². The SMILES string of the molecule is COc1ccc(NC(=O)[C@@H](C)OC(=O)[C@@H](C)Sc2ccccc2)cc1. The van der Waals surface area contributed by atoms with Gasteiger partial charge in [-0.05, 0) is 50.2 Å². The molecule has 0 spiro atoms. The van der Waals surface area contributed by atoms with Crippen molar-refractivity contribution in [1.29, 1.82) is 0 Å². The Labute approximate surface area is 151 Å². The van der Waals surface area contributed by atoms with E-state index >= 15 is 0 Å². The maximum Gasteiger partial charge on any atom is 0.319 e. The molecule has 6 heteroatoms. The van der Waals surface area contributed by atoms with Crippen LogP contribution in [0.2, 0.25) is 0 Å². The Morgan fingerprint density at radius 3 is 2.24 bits per heavy atom. The molecule has 0 heterocycles. The van der Waals surface area contributed by atoms with Crippen LogP contribution in [0.5, 0.6) is 5.75 Å². The number of hydrogen-bond donors (Lipinski definition) is 1. The number of carbonyl (C=O) groups is 2. The number of thioether (sulfide) groups is 1. The van der Waals surface area contributed by atoms with Crippen molar-refractivity contribution >= 4 is 29.3 Å². The summed E-state index contributed by atoms with van der Waals surface area (Å²) in [5, 5.41) is 2.30. The lowest BCUT2D eigenvalue weighted by Crippen LogP contribution is -2.32. The third-order valence-electron chi connectivity index (χ3n) is 3.41. The number of hydrogen-bond acceptors (Lipinski definition) is 5. The Morgan fingerprint density at radius 2 is 1.64 bits per heavy atom. The second kappa shape index (κ2) is 9.13. The van der Waals surface area contributed by atoms with Gasteiger partial charge in [0.1, 0.15) is 11.0 Å². The van der Waals surface area contributed by atoms with E-state index < -0.39 is 17.3 Å². The van der Waals surface area contributed by atoms with Gasteiger partial charge in [0, 0.05) is 10.6 Å². The van der Waals surface area contributed by atoms with Crippen LogP contribution in [0.15, 0.2) is 59.5 Å². The molecule has 0 fully saturated rings. The lowest BCUT2D eigenvalue weighted by Gasteiger charge is -2.16. The van der Waals surface area contributed by atoms with Crippen molar-refractivity contribution in [2.24, 2.45) is 0 Å². The van der Waals surface area contributed by atoms with Gasteiger partial charge in [0.25, 0.3) is 5.91 Å². The number of esters is 1. The number of amides is 1. The van der Waals surface area contributed by atoms with E-state index in [2.05, 4.69) is 5.32 Å². The first kappa shape index (κ1) is 18.9. The van der Waals surface area contributed by atoms with Gasteiger partial charge in [0.2, 0.25) is 0 Å². The lowest BCUT2D eigenvalue weighted by molar-refractivity contribution is -0.152. The standard InChI is InChI=1S/C19H21NO4S/c1-13(18(21)20-15-9-11-16(23-3)12-10-15)24-19(22)14(2)25-17-7-5-4-6-8-17/h4-14H,1-3H3,(H,20,21)/t13-,14-/m1/s1. The van der Waals surface area contributed by atoms with Crippen LogP contribution in [0.4, 0.5) is 5.69 Å². The largest absolute Gasteiger partial charge is 0.497 e. The summed E-state index contributed by atoms with van der Waals surface area (Å²) in [6.07, 6.45) is -0.881. The van der Waals surface area contributed by atoms with Gasteiger partial charge in [-0.3, -0.25) is 9.59 Å². The van der Waals surface area contributed by atoms with Crippen LogP contribution in [-0.4, -0.2) is 30.3 Å². The molecule has 0 saturated carbocycles. The molecule has 0 saturated heterocycles. The predicted octanol–water partition coefficient (Wildman–Crippen LogP) is 3.75. The Morgan fingerprint density at radius 1 is 1.00 bits per heavy atom. The van der Waals surface area contributed by atoms with Crippen LogP contribution in [0.3, 0.4) is 0 Å². The number of carbonyl (C=O) groups excluding carboxylic acids is 2. The van der Waals surface area contributed by atoms with Crippen molar-refractivity contribution in [3.8, 4) is 5.75 Å². The highest BCUT2D eigenvalue weighted by Gasteiger charge is 2.22. The first-order valence-corrected chi connectivity index (χ1v) is 8.74. The van der Waals surface area contributed by atoms with Crippen molar-refractivity contribution < 1.29 is 19.1 Å². The Kier molecular flexibility index (Phi) is 6.89. The summed E-state index contributed by atoms with van der Waals surface area (Å²) in [6.45, 7) is 3.31. The highest BCUT2D eigenvalue weighted by molar-refractivity contribution is 8.00. The molecular weight excluding hydrogens is 338 g/mol. The first-order chi connectivity index (χ1) is 12.0. The average molecular weight is 359 g/mol. The molecule has 0 radical (unpaired) electrons. The normalized spacial score (nSPS) is 12.8. The number of ether oxygens (including phenoxy) is 2.